The van der Waals surface area contributed by atoms with Gasteiger partial charge in [-0.15, -0.1) is 0 Å². The van der Waals surface area contributed by atoms with Gasteiger partial charge in [-0.2, -0.15) is 0 Å². The van der Waals surface area contributed by atoms with Gasteiger partial charge in [0.25, 0.3) is 0 Å². The SMILES string of the molecule is CC(C[SiH2]CCc1ccc(Cl)cc1)c1ccccc1. The third-order valence-electron chi connectivity index (χ3n) is 3.63. The van der Waals surface area contributed by atoms with Crippen molar-refractivity contribution >= 4 is 21.1 Å². The lowest BCUT2D eigenvalue weighted by molar-refractivity contribution is 0.854. The number of rotatable bonds is 6. The molecule has 0 aliphatic heterocycles. The molecular weight excluding hydrogens is 268 g/mol. The largest absolute Gasteiger partial charge is 0.0843 e. The number of aryl methyl sites for hydroxylation is 1. The molecule has 0 radical (unpaired) electrons. The van der Waals surface area contributed by atoms with Gasteiger partial charge in [0.15, 0.2) is 0 Å². The summed E-state index contributed by atoms with van der Waals surface area (Å²) >= 11 is 5.89. The van der Waals surface area contributed by atoms with E-state index in [1.165, 1.54) is 29.6 Å². The van der Waals surface area contributed by atoms with Crippen molar-refractivity contribution in [2.75, 3.05) is 0 Å². The number of benzene rings is 2. The zero-order valence-electron chi connectivity index (χ0n) is 11.5. The summed E-state index contributed by atoms with van der Waals surface area (Å²) in [6, 6.07) is 21.9. The average Bonchev–Trinajstić information content (AvgIpc) is 2.46. The van der Waals surface area contributed by atoms with Crippen LogP contribution in [0.5, 0.6) is 0 Å². The Morgan fingerprint density at radius 2 is 1.68 bits per heavy atom. The molecule has 0 bridgehead atoms. The van der Waals surface area contributed by atoms with Gasteiger partial charge in [0.2, 0.25) is 0 Å². The fraction of sp³-hybridized carbons (Fsp3) is 0.294. The van der Waals surface area contributed by atoms with E-state index in [2.05, 4.69) is 49.4 Å². The molecule has 0 nitrogen and oxygen atoms in total. The van der Waals surface area contributed by atoms with Crippen LogP contribution in [0.4, 0.5) is 0 Å². The molecule has 0 amide bonds. The van der Waals surface area contributed by atoms with Crippen molar-refractivity contribution < 1.29 is 0 Å². The first-order valence-corrected chi connectivity index (χ1v) is 9.43. The van der Waals surface area contributed by atoms with Gasteiger partial charge in [0, 0.05) is 14.5 Å². The molecule has 0 aliphatic carbocycles. The molecular formula is C17H21ClSi. The summed E-state index contributed by atoms with van der Waals surface area (Å²) in [5.74, 6) is 0.720. The van der Waals surface area contributed by atoms with Crippen molar-refractivity contribution in [1.82, 2.24) is 0 Å². The minimum Gasteiger partial charge on any atom is -0.0843 e. The van der Waals surface area contributed by atoms with Crippen LogP contribution in [0.25, 0.3) is 0 Å². The molecule has 0 aromatic heterocycles. The Morgan fingerprint density at radius 1 is 1.00 bits per heavy atom. The van der Waals surface area contributed by atoms with E-state index in [0.717, 1.165) is 10.9 Å². The second-order valence-corrected chi connectivity index (χ2v) is 7.61. The summed E-state index contributed by atoms with van der Waals surface area (Å²) in [6.07, 6.45) is 1.21. The maximum Gasteiger partial charge on any atom is 0.0406 e. The van der Waals surface area contributed by atoms with Crippen LogP contribution in [0.2, 0.25) is 17.1 Å². The lowest BCUT2D eigenvalue weighted by atomic mass is 10.0. The van der Waals surface area contributed by atoms with Crippen LogP contribution in [0.15, 0.2) is 54.6 Å². The Balaban J connectivity index is 1.71. The summed E-state index contributed by atoms with van der Waals surface area (Å²) in [5, 5.41) is 0.832. The zero-order valence-corrected chi connectivity index (χ0v) is 13.7. The monoisotopic (exact) mass is 288 g/mol. The fourth-order valence-corrected chi connectivity index (χ4v) is 4.40. The molecule has 0 saturated carbocycles. The molecule has 0 saturated heterocycles. The molecule has 0 spiro atoms. The smallest absolute Gasteiger partial charge is 0.0406 e. The lowest BCUT2D eigenvalue weighted by Gasteiger charge is -2.11. The Bertz CT molecular complexity index is 478. The molecule has 2 rings (SSSR count). The number of hydrogen-bond donors (Lipinski definition) is 0. The van der Waals surface area contributed by atoms with Gasteiger partial charge in [0.05, 0.1) is 0 Å². The van der Waals surface area contributed by atoms with E-state index in [-0.39, 0.29) is 9.52 Å². The predicted octanol–water partition coefficient (Wildman–Crippen LogP) is 4.69. The zero-order chi connectivity index (χ0) is 13.5. The van der Waals surface area contributed by atoms with Gasteiger partial charge in [-0.25, -0.2) is 0 Å². The van der Waals surface area contributed by atoms with E-state index < -0.39 is 0 Å². The minimum atomic E-state index is 0.0335. The third-order valence-corrected chi connectivity index (χ3v) is 6.01. The van der Waals surface area contributed by atoms with Gasteiger partial charge in [-0.3, -0.25) is 0 Å². The van der Waals surface area contributed by atoms with Crippen LogP contribution >= 0.6 is 11.6 Å². The van der Waals surface area contributed by atoms with Gasteiger partial charge < -0.3 is 0 Å². The van der Waals surface area contributed by atoms with Crippen LogP contribution in [-0.2, 0) is 6.42 Å². The maximum absolute atomic E-state index is 5.89. The maximum atomic E-state index is 5.89. The minimum absolute atomic E-state index is 0.0335. The normalized spacial score (nSPS) is 12.9. The molecule has 2 aromatic rings. The van der Waals surface area contributed by atoms with Crippen molar-refractivity contribution in [1.29, 1.82) is 0 Å². The Labute approximate surface area is 123 Å². The molecule has 0 N–H and O–H groups in total. The van der Waals surface area contributed by atoms with E-state index >= 15 is 0 Å². The number of halogens is 1. The summed E-state index contributed by atoms with van der Waals surface area (Å²) in [4.78, 5) is 0. The lowest BCUT2D eigenvalue weighted by Crippen LogP contribution is -2.00. The average molecular weight is 289 g/mol. The molecule has 1 unspecified atom stereocenters. The topological polar surface area (TPSA) is 0 Å². The highest BCUT2D eigenvalue weighted by Crippen LogP contribution is 2.19. The Morgan fingerprint density at radius 3 is 2.37 bits per heavy atom. The first-order valence-electron chi connectivity index (χ1n) is 7.05. The van der Waals surface area contributed by atoms with Crippen LogP contribution in [0.1, 0.15) is 24.0 Å². The van der Waals surface area contributed by atoms with Crippen molar-refractivity contribution in [2.24, 2.45) is 0 Å². The fourth-order valence-electron chi connectivity index (χ4n) is 2.38. The van der Waals surface area contributed by atoms with Crippen LogP contribution in [0, 0.1) is 0 Å². The first-order chi connectivity index (χ1) is 9.25. The van der Waals surface area contributed by atoms with Gasteiger partial charge in [-0.1, -0.05) is 73.1 Å². The summed E-state index contributed by atoms with van der Waals surface area (Å²) in [5.41, 5.74) is 2.91. The second-order valence-electron chi connectivity index (χ2n) is 5.18. The highest BCUT2D eigenvalue weighted by Gasteiger charge is 2.04. The molecule has 1 atom stereocenters. The second kappa shape index (κ2) is 7.52. The molecule has 0 aliphatic rings. The van der Waals surface area contributed by atoms with E-state index in [0.29, 0.717) is 0 Å². The molecule has 2 heteroatoms. The van der Waals surface area contributed by atoms with E-state index in [1.54, 1.807) is 0 Å². The van der Waals surface area contributed by atoms with Gasteiger partial charge in [-0.05, 0) is 35.6 Å². The third kappa shape index (κ3) is 4.85. The first kappa shape index (κ1) is 14.4. The molecule has 19 heavy (non-hydrogen) atoms. The standard InChI is InChI=1S/C17H21ClSi/c1-14(16-5-3-2-4-6-16)13-19-12-11-15-7-9-17(18)10-8-15/h2-10,14H,11-13,19H2,1H3. The summed E-state index contributed by atoms with van der Waals surface area (Å²) in [6.45, 7) is 2.35. The van der Waals surface area contributed by atoms with Gasteiger partial charge in [0.1, 0.15) is 0 Å². The Hall–Kier alpha value is -1.05. The summed E-state index contributed by atoms with van der Waals surface area (Å²) < 4.78 is 0. The Kier molecular flexibility index (Phi) is 5.68. The molecule has 0 heterocycles. The van der Waals surface area contributed by atoms with Crippen LogP contribution < -0.4 is 0 Å². The van der Waals surface area contributed by atoms with Gasteiger partial charge >= 0.3 is 0 Å². The summed E-state index contributed by atoms with van der Waals surface area (Å²) in [7, 11) is 0.0335. The number of hydrogen-bond acceptors (Lipinski definition) is 0. The quantitative estimate of drug-likeness (QED) is 0.534. The van der Waals surface area contributed by atoms with E-state index in [9.17, 15) is 0 Å². The van der Waals surface area contributed by atoms with Crippen LogP contribution in [0.3, 0.4) is 0 Å². The van der Waals surface area contributed by atoms with Crippen LogP contribution in [-0.4, -0.2) is 9.52 Å². The van der Waals surface area contributed by atoms with Crippen molar-refractivity contribution in [3.8, 4) is 0 Å². The van der Waals surface area contributed by atoms with Crippen molar-refractivity contribution in [2.45, 2.75) is 31.4 Å². The molecule has 100 valence electrons. The van der Waals surface area contributed by atoms with Crippen molar-refractivity contribution in [3.05, 3.63) is 70.7 Å². The predicted molar refractivity (Wildman–Crippen MR) is 88.2 cm³/mol. The van der Waals surface area contributed by atoms with E-state index in [1.807, 2.05) is 12.1 Å². The van der Waals surface area contributed by atoms with Crippen molar-refractivity contribution in [3.63, 3.8) is 0 Å². The molecule has 0 fully saturated rings. The highest BCUT2D eigenvalue weighted by atomic mass is 35.5. The van der Waals surface area contributed by atoms with E-state index in [4.69, 9.17) is 11.6 Å². The highest BCUT2D eigenvalue weighted by molar-refractivity contribution is 6.35. The molecule has 2 aromatic carbocycles.